The van der Waals surface area contributed by atoms with E-state index in [4.69, 9.17) is 9.47 Å². The van der Waals surface area contributed by atoms with Crippen LogP contribution in [-0.2, 0) is 9.53 Å². The molecule has 3 aliphatic rings. The largest absolute Gasteiger partial charge is 0.482 e. The minimum atomic E-state index is -1.53. The number of anilines is 3. The molecule has 0 bridgehead atoms. The molecule has 2 aliphatic heterocycles. The first-order valence-corrected chi connectivity index (χ1v) is 12.8. The topological polar surface area (TPSA) is 88.6 Å². The average molecular weight is 536 g/mol. The van der Waals surface area contributed by atoms with Crippen molar-refractivity contribution in [3.05, 3.63) is 45.6 Å². The second-order valence-corrected chi connectivity index (χ2v) is 11.4. The zero-order valence-electron chi connectivity index (χ0n) is 21.1. The van der Waals surface area contributed by atoms with Crippen molar-refractivity contribution in [2.75, 3.05) is 29.2 Å². The van der Waals surface area contributed by atoms with Crippen molar-refractivity contribution in [2.45, 2.75) is 63.8 Å². The van der Waals surface area contributed by atoms with Gasteiger partial charge in [-0.1, -0.05) is 11.8 Å². The summed E-state index contributed by atoms with van der Waals surface area (Å²) in [5.41, 5.74) is 0.0243. The molecule has 1 aliphatic carbocycles. The molecule has 0 radical (unpaired) electrons. The van der Waals surface area contributed by atoms with Gasteiger partial charge in [-0.25, -0.2) is 18.2 Å². The summed E-state index contributed by atoms with van der Waals surface area (Å²) in [7, 11) is 1.80. The molecule has 1 atom stereocenters. The number of carbonyl (C=O) groups excluding carboxylic acids is 1. The summed E-state index contributed by atoms with van der Waals surface area (Å²) >= 11 is 1.51. The van der Waals surface area contributed by atoms with E-state index >= 15 is 0 Å². The molecule has 3 heterocycles. The SMILES string of the molecule is Cc1nc(NC2CC(Oc3cc(F)c(F)c(F)c3)(C3=CS3)C2)nc2c1NC(=O)[C@H](COC(C)(C)C)N2C. The summed E-state index contributed by atoms with van der Waals surface area (Å²) in [4.78, 5) is 24.6. The number of benzene rings is 1. The Balaban J connectivity index is 1.30. The van der Waals surface area contributed by atoms with Gasteiger partial charge >= 0.3 is 0 Å². The molecule has 1 saturated carbocycles. The first-order chi connectivity index (χ1) is 17.3. The highest BCUT2D eigenvalue weighted by molar-refractivity contribution is 8.12. The van der Waals surface area contributed by atoms with Gasteiger partial charge in [-0.15, -0.1) is 0 Å². The molecular weight excluding hydrogens is 507 g/mol. The van der Waals surface area contributed by atoms with Gasteiger partial charge in [-0.2, -0.15) is 4.98 Å². The minimum Gasteiger partial charge on any atom is -0.482 e. The molecule has 0 unspecified atom stereocenters. The molecule has 12 heteroatoms. The molecule has 2 N–H and O–H groups in total. The summed E-state index contributed by atoms with van der Waals surface area (Å²) in [6.45, 7) is 7.78. The van der Waals surface area contributed by atoms with Crippen LogP contribution in [0.3, 0.4) is 0 Å². The molecule has 37 heavy (non-hydrogen) atoms. The van der Waals surface area contributed by atoms with Crippen LogP contribution in [0.1, 0.15) is 39.3 Å². The van der Waals surface area contributed by atoms with E-state index in [0.717, 1.165) is 17.0 Å². The van der Waals surface area contributed by atoms with Crippen molar-refractivity contribution in [1.82, 2.24) is 9.97 Å². The number of nitrogens with zero attached hydrogens (tertiary/aromatic N) is 3. The van der Waals surface area contributed by atoms with Crippen molar-refractivity contribution >= 4 is 35.1 Å². The zero-order chi connectivity index (χ0) is 26.7. The van der Waals surface area contributed by atoms with Gasteiger partial charge in [-0.3, -0.25) is 4.79 Å². The molecule has 1 aromatic carbocycles. The summed E-state index contributed by atoms with van der Waals surface area (Å²) in [6.07, 6.45) is 1.00. The molecule has 1 fully saturated rings. The van der Waals surface area contributed by atoms with Crippen LogP contribution >= 0.6 is 11.8 Å². The maximum atomic E-state index is 13.7. The third kappa shape index (κ3) is 5.08. The fraction of sp³-hybridized carbons (Fsp3) is 0.480. The Bertz CT molecular complexity index is 1270. The number of carbonyl (C=O) groups is 1. The lowest BCUT2D eigenvalue weighted by Gasteiger charge is -2.46. The third-order valence-electron chi connectivity index (χ3n) is 6.54. The van der Waals surface area contributed by atoms with Crippen LogP contribution in [0.4, 0.5) is 30.6 Å². The van der Waals surface area contributed by atoms with Gasteiger partial charge in [0.2, 0.25) is 11.9 Å². The van der Waals surface area contributed by atoms with E-state index in [1.807, 2.05) is 26.2 Å². The van der Waals surface area contributed by atoms with Gasteiger partial charge in [0.1, 0.15) is 23.1 Å². The predicted octanol–water partition coefficient (Wildman–Crippen LogP) is 4.75. The first-order valence-electron chi connectivity index (χ1n) is 11.9. The lowest BCUT2D eigenvalue weighted by Crippen LogP contribution is -2.54. The van der Waals surface area contributed by atoms with Crippen LogP contribution in [0.5, 0.6) is 5.75 Å². The number of aryl methyl sites for hydroxylation is 1. The van der Waals surface area contributed by atoms with E-state index in [-0.39, 0.29) is 24.3 Å². The van der Waals surface area contributed by atoms with Crippen molar-refractivity contribution in [3.8, 4) is 5.75 Å². The first kappa shape index (κ1) is 25.7. The lowest BCUT2D eigenvalue weighted by atomic mass is 9.75. The van der Waals surface area contributed by atoms with E-state index < -0.39 is 34.7 Å². The van der Waals surface area contributed by atoms with Crippen LogP contribution in [0.2, 0.25) is 0 Å². The number of likely N-dealkylation sites (N-methyl/N-ethyl adjacent to an activating group) is 1. The smallest absolute Gasteiger partial charge is 0.249 e. The van der Waals surface area contributed by atoms with Gasteiger partial charge in [-0.05, 0) is 33.1 Å². The van der Waals surface area contributed by atoms with Crippen LogP contribution in [0.15, 0.2) is 22.4 Å². The summed E-state index contributed by atoms with van der Waals surface area (Å²) in [5, 5.41) is 8.13. The summed E-state index contributed by atoms with van der Waals surface area (Å²) in [5.74, 6) is -3.39. The Morgan fingerprint density at radius 2 is 1.86 bits per heavy atom. The molecular formula is C25H28F3N5O3S. The van der Waals surface area contributed by atoms with Crippen LogP contribution in [0.25, 0.3) is 0 Å². The number of rotatable bonds is 7. The highest BCUT2D eigenvalue weighted by atomic mass is 32.2. The Kier molecular flexibility index (Phi) is 6.30. The minimum absolute atomic E-state index is 0.0648. The number of amides is 1. The average Bonchev–Trinajstić information content (AvgIpc) is 3.61. The second-order valence-electron chi connectivity index (χ2n) is 10.5. The van der Waals surface area contributed by atoms with Crippen LogP contribution < -0.4 is 20.3 Å². The molecule has 5 rings (SSSR count). The fourth-order valence-corrected chi connectivity index (χ4v) is 5.18. The number of aromatic nitrogens is 2. The summed E-state index contributed by atoms with van der Waals surface area (Å²) < 4.78 is 52.6. The maximum absolute atomic E-state index is 13.7. The number of ether oxygens (including phenoxy) is 2. The molecule has 2 aromatic rings. The Labute approximate surface area is 217 Å². The van der Waals surface area contributed by atoms with Crippen molar-refractivity contribution in [1.29, 1.82) is 0 Å². The van der Waals surface area contributed by atoms with Gasteiger partial charge in [0, 0.05) is 43.0 Å². The van der Waals surface area contributed by atoms with E-state index in [0.29, 0.717) is 36.0 Å². The van der Waals surface area contributed by atoms with Gasteiger partial charge in [0.05, 0.1) is 17.9 Å². The molecule has 8 nitrogen and oxygen atoms in total. The van der Waals surface area contributed by atoms with Crippen LogP contribution in [-0.4, -0.2) is 52.8 Å². The highest BCUT2D eigenvalue weighted by Crippen LogP contribution is 2.55. The number of thioether (sulfide) groups is 1. The quantitative estimate of drug-likeness (QED) is 0.491. The number of halogens is 3. The van der Waals surface area contributed by atoms with Gasteiger partial charge < -0.3 is 25.0 Å². The van der Waals surface area contributed by atoms with Crippen LogP contribution in [0, 0.1) is 24.4 Å². The standard InChI is InChI=1S/C25H28F3N5O3S/c1-12-20-21(33(5)17(22(34)31-20)10-35-24(2,3)4)32-23(29-12)30-13-8-25(9-13,18-11-37-18)36-14-6-15(26)19(28)16(27)7-14/h6-7,11,13,17H,8-10H2,1-5H3,(H,31,34)(H,29,30,32)/t13?,17-,25?/m0/s1. The second kappa shape index (κ2) is 9.09. The van der Waals surface area contributed by atoms with E-state index in [9.17, 15) is 18.0 Å². The zero-order valence-corrected chi connectivity index (χ0v) is 21.9. The number of hydrogen-bond acceptors (Lipinski definition) is 8. The van der Waals surface area contributed by atoms with Gasteiger partial charge in [0.15, 0.2) is 23.3 Å². The monoisotopic (exact) mass is 535 g/mol. The normalized spacial score (nSPS) is 24.6. The summed E-state index contributed by atoms with van der Waals surface area (Å²) in [6, 6.07) is 1.09. The number of fused-ring (bicyclic) bond motifs is 1. The Hall–Kier alpha value is -2.99. The van der Waals surface area contributed by atoms with E-state index in [1.165, 1.54) is 11.8 Å². The highest BCUT2D eigenvalue weighted by Gasteiger charge is 2.53. The predicted molar refractivity (Wildman–Crippen MR) is 135 cm³/mol. The number of nitrogens with one attached hydrogen (secondary N) is 2. The fourth-order valence-electron chi connectivity index (χ4n) is 4.49. The molecule has 1 aromatic heterocycles. The van der Waals surface area contributed by atoms with E-state index in [2.05, 4.69) is 20.6 Å². The van der Waals surface area contributed by atoms with Crippen molar-refractivity contribution in [2.24, 2.45) is 0 Å². The molecule has 198 valence electrons. The maximum Gasteiger partial charge on any atom is 0.249 e. The van der Waals surface area contributed by atoms with Gasteiger partial charge in [0.25, 0.3) is 0 Å². The Morgan fingerprint density at radius 3 is 2.46 bits per heavy atom. The number of hydrogen-bond donors (Lipinski definition) is 2. The third-order valence-corrected chi connectivity index (χ3v) is 7.38. The van der Waals surface area contributed by atoms with Crippen molar-refractivity contribution in [3.63, 3.8) is 0 Å². The molecule has 0 saturated heterocycles. The van der Waals surface area contributed by atoms with Crippen molar-refractivity contribution < 1.29 is 27.4 Å². The molecule has 1 amide bonds. The Morgan fingerprint density at radius 1 is 1.22 bits per heavy atom. The van der Waals surface area contributed by atoms with E-state index in [1.54, 1.807) is 18.9 Å². The lowest BCUT2D eigenvalue weighted by molar-refractivity contribution is -0.120. The molecule has 0 spiro atoms.